The molecule has 0 aliphatic rings. The molecular weight excluding hydrogens is 588 g/mol. The van der Waals surface area contributed by atoms with Gasteiger partial charge in [-0.3, -0.25) is 9.59 Å². The minimum Gasteiger partial charge on any atom is -0.493 e. The molecule has 0 saturated heterocycles. The summed E-state index contributed by atoms with van der Waals surface area (Å²) in [6.07, 6.45) is -0.522. The van der Waals surface area contributed by atoms with Crippen LogP contribution in [-0.2, 0) is 22.4 Å². The van der Waals surface area contributed by atoms with Crippen LogP contribution in [-0.4, -0.2) is 77.0 Å². The van der Waals surface area contributed by atoms with E-state index in [0.29, 0.717) is 22.6 Å². The van der Waals surface area contributed by atoms with Gasteiger partial charge in [-0.05, 0) is 48.2 Å². The predicted octanol–water partition coefficient (Wildman–Crippen LogP) is 4.28. The van der Waals surface area contributed by atoms with E-state index in [4.69, 9.17) is 18.9 Å². The first-order valence-electron chi connectivity index (χ1n) is 12.0. The zero-order valence-electron chi connectivity index (χ0n) is 22.8. The first-order chi connectivity index (χ1) is 19.5. The third-order valence-corrected chi connectivity index (χ3v) is 6.05. The van der Waals surface area contributed by atoms with Gasteiger partial charge in [0.25, 0.3) is 11.8 Å². The van der Waals surface area contributed by atoms with Crippen LogP contribution in [0.25, 0.3) is 0 Å². The normalized spacial score (nSPS) is 12.4. The van der Waals surface area contributed by atoms with Crippen LogP contribution in [0.15, 0.2) is 36.4 Å². The second kappa shape index (κ2) is 13.3. The number of hydrogen-bond acceptors (Lipinski definition) is 6. The van der Waals surface area contributed by atoms with Gasteiger partial charge in [0.1, 0.15) is 0 Å². The Morgan fingerprint density at radius 3 is 1.17 bits per heavy atom. The van der Waals surface area contributed by atoms with Crippen molar-refractivity contribution in [2.75, 3.05) is 41.5 Å². The SMILES string of the molecule is COc1ccc(CCNC(=O)C(F)(F)C(F)(F)C(F)(F)C(F)(F)C(=O)NCCc2ccc(OC)c(OC)c2)cc1OC. The lowest BCUT2D eigenvalue weighted by Gasteiger charge is -2.35. The van der Waals surface area contributed by atoms with Gasteiger partial charge in [0.15, 0.2) is 23.0 Å². The van der Waals surface area contributed by atoms with Gasteiger partial charge in [-0.25, -0.2) is 0 Å². The largest absolute Gasteiger partial charge is 0.493 e. The number of benzene rings is 2. The molecule has 2 aromatic rings. The molecule has 2 amide bonds. The maximum absolute atomic E-state index is 14.3. The number of halogens is 8. The highest BCUT2D eigenvalue weighted by Gasteiger charge is 2.84. The monoisotopic (exact) mass is 616 g/mol. The number of amides is 2. The lowest BCUT2D eigenvalue weighted by Crippen LogP contribution is -2.69. The summed E-state index contributed by atoms with van der Waals surface area (Å²) in [5.74, 6) is -31.5. The zero-order valence-corrected chi connectivity index (χ0v) is 22.8. The smallest absolute Gasteiger partial charge is 0.392 e. The topological polar surface area (TPSA) is 95.1 Å². The Bertz CT molecular complexity index is 1160. The number of nitrogens with one attached hydrogen (secondary N) is 2. The molecule has 0 saturated carbocycles. The summed E-state index contributed by atoms with van der Waals surface area (Å²) in [6.45, 7) is -1.53. The Morgan fingerprint density at radius 1 is 0.571 bits per heavy atom. The van der Waals surface area contributed by atoms with Crippen LogP contribution in [0.4, 0.5) is 35.1 Å². The maximum atomic E-state index is 14.3. The van der Waals surface area contributed by atoms with E-state index in [1.165, 1.54) is 75.5 Å². The molecule has 2 aromatic carbocycles. The van der Waals surface area contributed by atoms with Crippen LogP contribution < -0.4 is 29.6 Å². The van der Waals surface area contributed by atoms with Crippen molar-refractivity contribution < 1.29 is 63.7 Å². The molecule has 2 N–H and O–H groups in total. The molecule has 0 atom stereocenters. The van der Waals surface area contributed by atoms with E-state index in [0.717, 1.165) is 0 Å². The number of methoxy groups -OCH3 is 4. The minimum atomic E-state index is -6.97. The summed E-state index contributed by atoms with van der Waals surface area (Å²) >= 11 is 0. The minimum absolute atomic E-state index is 0.210. The predicted molar refractivity (Wildman–Crippen MR) is 132 cm³/mol. The average Bonchev–Trinajstić information content (AvgIpc) is 2.96. The van der Waals surface area contributed by atoms with Crippen molar-refractivity contribution in [3.63, 3.8) is 0 Å². The molecular formula is C26H28F8N2O6. The summed E-state index contributed by atoms with van der Waals surface area (Å²) in [6, 6.07) is 8.41. The second-order valence-corrected chi connectivity index (χ2v) is 8.69. The molecule has 0 aliphatic heterocycles. The maximum Gasteiger partial charge on any atom is 0.392 e. The van der Waals surface area contributed by atoms with Crippen LogP contribution >= 0.6 is 0 Å². The molecule has 0 fully saturated rings. The third-order valence-electron chi connectivity index (χ3n) is 6.05. The van der Waals surface area contributed by atoms with Gasteiger partial charge in [0.2, 0.25) is 0 Å². The molecule has 2 rings (SSSR count). The van der Waals surface area contributed by atoms with Crippen LogP contribution in [0.1, 0.15) is 11.1 Å². The lowest BCUT2D eigenvalue weighted by molar-refractivity contribution is -0.347. The van der Waals surface area contributed by atoms with Gasteiger partial charge in [-0.15, -0.1) is 0 Å². The molecule has 0 aromatic heterocycles. The molecule has 0 bridgehead atoms. The molecule has 234 valence electrons. The van der Waals surface area contributed by atoms with Crippen molar-refractivity contribution in [3.8, 4) is 23.0 Å². The molecule has 0 heterocycles. The fourth-order valence-corrected chi connectivity index (χ4v) is 3.61. The molecule has 8 nitrogen and oxygen atoms in total. The molecule has 0 aliphatic carbocycles. The second-order valence-electron chi connectivity index (χ2n) is 8.69. The molecule has 0 spiro atoms. The van der Waals surface area contributed by atoms with Gasteiger partial charge in [-0.2, -0.15) is 35.1 Å². The van der Waals surface area contributed by atoms with Gasteiger partial charge >= 0.3 is 23.7 Å². The molecule has 0 unspecified atom stereocenters. The Morgan fingerprint density at radius 2 is 0.881 bits per heavy atom. The standard InChI is InChI=1S/C26H28F8N2O6/c1-39-17-7-5-15(13-19(17)41-3)9-11-35-21(37)23(27,28)25(31,32)26(33,34)24(29,30)22(38)36-12-10-16-6-8-18(40-2)20(14-16)42-4/h5-8,13-14H,9-12H2,1-4H3,(H,35,37)(H,36,38). The quantitative estimate of drug-likeness (QED) is 0.290. The van der Waals surface area contributed by atoms with Crippen molar-refractivity contribution in [2.24, 2.45) is 0 Å². The van der Waals surface area contributed by atoms with Crippen molar-refractivity contribution in [3.05, 3.63) is 47.5 Å². The van der Waals surface area contributed by atoms with E-state index in [1.807, 2.05) is 0 Å². The van der Waals surface area contributed by atoms with Crippen molar-refractivity contribution in [1.82, 2.24) is 10.6 Å². The Labute approximate surface area is 235 Å². The fraction of sp³-hybridized carbons (Fsp3) is 0.462. The van der Waals surface area contributed by atoms with E-state index in [9.17, 15) is 44.7 Å². The number of carbonyl (C=O) groups is 2. The summed E-state index contributed by atoms with van der Waals surface area (Å²) < 4.78 is 134. The number of hydrogen-bond donors (Lipinski definition) is 2. The highest BCUT2D eigenvalue weighted by atomic mass is 19.4. The molecule has 42 heavy (non-hydrogen) atoms. The average molecular weight is 617 g/mol. The van der Waals surface area contributed by atoms with Crippen LogP contribution in [0, 0.1) is 0 Å². The van der Waals surface area contributed by atoms with Crippen molar-refractivity contribution in [1.29, 1.82) is 0 Å². The van der Waals surface area contributed by atoms with Gasteiger partial charge in [0.05, 0.1) is 28.4 Å². The summed E-state index contributed by atoms with van der Waals surface area (Å²) in [4.78, 5) is 23.6. The van der Waals surface area contributed by atoms with Gasteiger partial charge < -0.3 is 29.6 Å². The van der Waals surface area contributed by atoms with E-state index in [2.05, 4.69) is 0 Å². The van der Waals surface area contributed by atoms with E-state index >= 15 is 0 Å². The fourth-order valence-electron chi connectivity index (χ4n) is 3.61. The number of alkyl halides is 8. The van der Waals surface area contributed by atoms with Crippen LogP contribution in [0.3, 0.4) is 0 Å². The number of carbonyl (C=O) groups excluding carboxylic acids is 2. The van der Waals surface area contributed by atoms with Gasteiger partial charge in [-0.1, -0.05) is 12.1 Å². The first-order valence-corrected chi connectivity index (χ1v) is 12.0. The molecule has 0 radical (unpaired) electrons. The summed E-state index contributed by atoms with van der Waals surface area (Å²) in [7, 11) is 5.26. The first kappa shape index (κ1) is 34.2. The van der Waals surface area contributed by atoms with Gasteiger partial charge in [0, 0.05) is 13.1 Å². The Hall–Kier alpha value is -3.98. The van der Waals surface area contributed by atoms with Crippen molar-refractivity contribution in [2.45, 2.75) is 36.5 Å². The lowest BCUT2D eigenvalue weighted by atomic mass is 9.97. The number of ether oxygens (including phenoxy) is 4. The number of rotatable bonds is 15. The Balaban J connectivity index is 2.08. The zero-order chi connectivity index (χ0) is 31.9. The van der Waals surface area contributed by atoms with E-state index < -0.39 is 48.6 Å². The third kappa shape index (κ3) is 6.73. The van der Waals surface area contributed by atoms with Crippen LogP contribution in [0.2, 0.25) is 0 Å². The highest BCUT2D eigenvalue weighted by molar-refractivity contribution is 5.87. The Kier molecular flexibility index (Phi) is 10.9. The van der Waals surface area contributed by atoms with Crippen molar-refractivity contribution >= 4 is 11.8 Å². The summed E-state index contributed by atoms with van der Waals surface area (Å²) in [5, 5.41) is 2.65. The van der Waals surface area contributed by atoms with E-state index in [-0.39, 0.29) is 24.3 Å². The van der Waals surface area contributed by atoms with E-state index in [1.54, 1.807) is 0 Å². The molecule has 16 heteroatoms. The highest BCUT2D eigenvalue weighted by Crippen LogP contribution is 2.52. The summed E-state index contributed by atoms with van der Waals surface area (Å²) in [5.41, 5.74) is 0.675. The van der Waals surface area contributed by atoms with Crippen LogP contribution in [0.5, 0.6) is 23.0 Å².